The monoisotopic (exact) mass is 317 g/mol. The Hall–Kier alpha value is -1.59. The van der Waals surface area contributed by atoms with Crippen LogP contribution in [0.1, 0.15) is 18.4 Å². The first-order valence-corrected chi connectivity index (χ1v) is 8.65. The molecule has 0 saturated carbocycles. The van der Waals surface area contributed by atoms with Crippen LogP contribution in [0.3, 0.4) is 0 Å². The molecule has 126 valence electrons. The van der Waals surface area contributed by atoms with Gasteiger partial charge in [0.05, 0.1) is 12.6 Å². The first kappa shape index (κ1) is 16.3. The van der Waals surface area contributed by atoms with E-state index < -0.39 is 0 Å². The number of aryl methyl sites for hydroxylation is 1. The molecule has 3 rings (SSSR count). The minimum atomic E-state index is 0.201. The van der Waals surface area contributed by atoms with Gasteiger partial charge in [-0.1, -0.05) is 18.2 Å². The van der Waals surface area contributed by atoms with Crippen molar-refractivity contribution in [3.8, 4) is 0 Å². The minimum Gasteiger partial charge on any atom is -0.377 e. The van der Waals surface area contributed by atoms with Crippen LogP contribution >= 0.6 is 0 Å². The SMILES string of the molecule is Cc1ccccc1N1CCN(C(=O)CNCC2CCCO2)CC1. The van der Waals surface area contributed by atoms with E-state index in [-0.39, 0.29) is 5.91 Å². The average molecular weight is 317 g/mol. The van der Waals surface area contributed by atoms with Crippen molar-refractivity contribution in [2.24, 2.45) is 0 Å². The highest BCUT2D eigenvalue weighted by Gasteiger charge is 2.22. The summed E-state index contributed by atoms with van der Waals surface area (Å²) in [6.07, 6.45) is 2.54. The largest absolute Gasteiger partial charge is 0.377 e. The van der Waals surface area contributed by atoms with Gasteiger partial charge in [-0.2, -0.15) is 0 Å². The Balaban J connectivity index is 1.41. The van der Waals surface area contributed by atoms with Gasteiger partial charge in [-0.3, -0.25) is 4.79 Å². The number of nitrogens with zero attached hydrogens (tertiary/aromatic N) is 2. The number of ether oxygens (including phenoxy) is 1. The number of amides is 1. The zero-order chi connectivity index (χ0) is 16.1. The molecule has 2 saturated heterocycles. The van der Waals surface area contributed by atoms with Crippen LogP contribution in [0.5, 0.6) is 0 Å². The molecular formula is C18H27N3O2. The standard InChI is InChI=1S/C18H27N3O2/c1-15-5-2-3-7-17(15)20-8-10-21(11-9-20)18(22)14-19-13-16-6-4-12-23-16/h2-3,5,7,16,19H,4,6,8-14H2,1H3. The van der Waals surface area contributed by atoms with Gasteiger partial charge in [0.25, 0.3) is 0 Å². The van der Waals surface area contributed by atoms with Crippen LogP contribution < -0.4 is 10.2 Å². The first-order valence-electron chi connectivity index (χ1n) is 8.65. The Bertz CT molecular complexity index is 521. The molecule has 0 bridgehead atoms. The molecule has 1 aromatic rings. The Morgan fingerprint density at radius 1 is 1.26 bits per heavy atom. The summed E-state index contributed by atoms with van der Waals surface area (Å²) in [7, 11) is 0. The lowest BCUT2D eigenvalue weighted by atomic mass is 10.1. The molecule has 0 radical (unpaired) electrons. The maximum Gasteiger partial charge on any atom is 0.236 e. The Kier molecular flexibility index (Phi) is 5.51. The van der Waals surface area contributed by atoms with Crippen molar-refractivity contribution in [1.82, 2.24) is 10.2 Å². The Morgan fingerprint density at radius 3 is 2.74 bits per heavy atom. The van der Waals surface area contributed by atoms with Crippen molar-refractivity contribution in [2.75, 3.05) is 50.8 Å². The van der Waals surface area contributed by atoms with Crippen LogP contribution in [-0.2, 0) is 9.53 Å². The summed E-state index contributed by atoms with van der Waals surface area (Å²) in [6, 6.07) is 8.45. The second-order valence-electron chi connectivity index (χ2n) is 6.42. The van der Waals surface area contributed by atoms with Crippen molar-refractivity contribution in [3.63, 3.8) is 0 Å². The minimum absolute atomic E-state index is 0.201. The topological polar surface area (TPSA) is 44.8 Å². The van der Waals surface area contributed by atoms with Gasteiger partial charge >= 0.3 is 0 Å². The first-order chi connectivity index (χ1) is 11.2. The van der Waals surface area contributed by atoms with E-state index in [0.29, 0.717) is 12.6 Å². The highest BCUT2D eigenvalue weighted by atomic mass is 16.5. The second kappa shape index (κ2) is 7.79. The quantitative estimate of drug-likeness (QED) is 0.892. The number of nitrogens with one attached hydrogen (secondary N) is 1. The molecule has 1 unspecified atom stereocenters. The molecule has 2 aliphatic rings. The molecule has 2 heterocycles. The van der Waals surface area contributed by atoms with E-state index in [0.717, 1.165) is 52.2 Å². The molecule has 1 aromatic carbocycles. The van der Waals surface area contributed by atoms with E-state index in [9.17, 15) is 4.79 Å². The molecule has 23 heavy (non-hydrogen) atoms. The summed E-state index contributed by atoms with van der Waals surface area (Å²) in [5.41, 5.74) is 2.58. The molecule has 0 spiro atoms. The summed E-state index contributed by atoms with van der Waals surface area (Å²) in [5.74, 6) is 0.201. The number of piperazine rings is 1. The van der Waals surface area contributed by atoms with Crippen molar-refractivity contribution in [3.05, 3.63) is 29.8 Å². The van der Waals surface area contributed by atoms with Crippen LogP contribution in [0.25, 0.3) is 0 Å². The van der Waals surface area contributed by atoms with Crippen molar-refractivity contribution >= 4 is 11.6 Å². The summed E-state index contributed by atoms with van der Waals surface area (Å²) in [4.78, 5) is 16.6. The zero-order valence-corrected chi connectivity index (χ0v) is 14.0. The molecule has 0 aliphatic carbocycles. The summed E-state index contributed by atoms with van der Waals surface area (Å²) >= 11 is 0. The fourth-order valence-electron chi connectivity index (χ4n) is 3.37. The normalized spacial score (nSPS) is 21.7. The number of anilines is 1. The van der Waals surface area contributed by atoms with E-state index in [1.54, 1.807) is 0 Å². The summed E-state index contributed by atoms with van der Waals surface area (Å²) in [5, 5.41) is 3.25. The van der Waals surface area contributed by atoms with E-state index in [1.807, 2.05) is 4.90 Å². The Morgan fingerprint density at radius 2 is 2.04 bits per heavy atom. The molecule has 1 N–H and O–H groups in total. The van der Waals surface area contributed by atoms with Crippen LogP contribution in [0.2, 0.25) is 0 Å². The lowest BCUT2D eigenvalue weighted by Crippen LogP contribution is -2.51. The molecule has 1 atom stereocenters. The lowest BCUT2D eigenvalue weighted by molar-refractivity contribution is -0.130. The fourth-order valence-corrected chi connectivity index (χ4v) is 3.37. The molecule has 5 nitrogen and oxygen atoms in total. The Labute approximate surface area is 138 Å². The maximum absolute atomic E-state index is 12.3. The molecule has 0 aromatic heterocycles. The molecule has 5 heteroatoms. The van der Waals surface area contributed by atoms with Gasteiger partial charge in [-0.05, 0) is 31.4 Å². The predicted octanol–water partition coefficient (Wildman–Crippen LogP) is 1.41. The predicted molar refractivity (Wildman–Crippen MR) is 91.8 cm³/mol. The van der Waals surface area contributed by atoms with Crippen LogP contribution in [0.4, 0.5) is 5.69 Å². The van der Waals surface area contributed by atoms with E-state index in [2.05, 4.69) is 41.4 Å². The number of para-hydroxylation sites is 1. The smallest absolute Gasteiger partial charge is 0.236 e. The number of carbonyl (C=O) groups excluding carboxylic acids is 1. The number of rotatable bonds is 5. The maximum atomic E-state index is 12.3. The van der Waals surface area contributed by atoms with Crippen LogP contribution in [0.15, 0.2) is 24.3 Å². The molecule has 2 aliphatic heterocycles. The fraction of sp³-hybridized carbons (Fsp3) is 0.611. The summed E-state index contributed by atoms with van der Waals surface area (Å²) < 4.78 is 5.56. The van der Waals surface area contributed by atoms with Crippen molar-refractivity contribution in [2.45, 2.75) is 25.9 Å². The molecular weight excluding hydrogens is 290 g/mol. The van der Waals surface area contributed by atoms with Gasteiger partial charge in [-0.25, -0.2) is 0 Å². The second-order valence-corrected chi connectivity index (χ2v) is 6.42. The lowest BCUT2D eigenvalue weighted by Gasteiger charge is -2.37. The van der Waals surface area contributed by atoms with E-state index >= 15 is 0 Å². The third kappa shape index (κ3) is 4.24. The third-order valence-electron chi connectivity index (χ3n) is 4.76. The molecule has 1 amide bonds. The molecule has 2 fully saturated rings. The number of carbonyl (C=O) groups is 1. The highest BCUT2D eigenvalue weighted by Crippen LogP contribution is 2.20. The van der Waals surface area contributed by atoms with E-state index in [1.165, 1.54) is 11.3 Å². The van der Waals surface area contributed by atoms with E-state index in [4.69, 9.17) is 4.74 Å². The highest BCUT2D eigenvalue weighted by molar-refractivity contribution is 5.78. The van der Waals surface area contributed by atoms with Gasteiger partial charge in [0.1, 0.15) is 0 Å². The van der Waals surface area contributed by atoms with Crippen LogP contribution in [-0.4, -0.2) is 62.8 Å². The van der Waals surface area contributed by atoms with Gasteiger partial charge in [-0.15, -0.1) is 0 Å². The van der Waals surface area contributed by atoms with Crippen LogP contribution in [0, 0.1) is 6.92 Å². The number of hydrogen-bond acceptors (Lipinski definition) is 4. The average Bonchev–Trinajstić information content (AvgIpc) is 3.09. The number of hydrogen-bond donors (Lipinski definition) is 1. The number of benzene rings is 1. The zero-order valence-electron chi connectivity index (χ0n) is 14.0. The van der Waals surface area contributed by atoms with Gasteiger partial charge < -0.3 is 19.9 Å². The third-order valence-corrected chi connectivity index (χ3v) is 4.76. The van der Waals surface area contributed by atoms with Crippen molar-refractivity contribution < 1.29 is 9.53 Å². The van der Waals surface area contributed by atoms with Crippen molar-refractivity contribution in [1.29, 1.82) is 0 Å². The van der Waals surface area contributed by atoms with Gasteiger partial charge in [0, 0.05) is 45.0 Å². The van der Waals surface area contributed by atoms with Gasteiger partial charge in [0.2, 0.25) is 5.91 Å². The van der Waals surface area contributed by atoms with Gasteiger partial charge in [0.15, 0.2) is 0 Å². The summed E-state index contributed by atoms with van der Waals surface area (Å²) in [6.45, 7) is 7.62.